The van der Waals surface area contributed by atoms with E-state index in [0.717, 1.165) is 0 Å². The Morgan fingerprint density at radius 1 is 1.31 bits per heavy atom. The molecule has 0 spiro atoms. The number of hydrogen-bond donors (Lipinski definition) is 2. The molecule has 0 radical (unpaired) electrons. The summed E-state index contributed by atoms with van der Waals surface area (Å²) in [4.78, 5) is 22.4. The lowest BCUT2D eigenvalue weighted by atomic mass is 10.2. The molecule has 0 aliphatic heterocycles. The van der Waals surface area contributed by atoms with Crippen molar-refractivity contribution in [2.45, 2.75) is 13.5 Å². The van der Waals surface area contributed by atoms with Crippen molar-refractivity contribution in [1.82, 2.24) is 0 Å². The third-order valence-electron chi connectivity index (χ3n) is 3.23. The predicted octanol–water partition coefficient (Wildman–Crippen LogP) is 4.21. The van der Waals surface area contributed by atoms with Gasteiger partial charge in [-0.15, -0.1) is 0 Å². The topological polar surface area (TPSA) is 93.5 Å². The minimum Gasteiger partial charge on any atom is -0.433 e. The van der Waals surface area contributed by atoms with Crippen molar-refractivity contribution in [3.05, 3.63) is 57.1 Å². The van der Waals surface area contributed by atoms with E-state index in [0.29, 0.717) is 11.3 Å². The minimum atomic E-state index is -3.00. The Labute approximate surface area is 152 Å². The predicted molar refractivity (Wildman–Crippen MR) is 93.0 cm³/mol. The van der Waals surface area contributed by atoms with Gasteiger partial charge in [-0.1, -0.05) is 17.7 Å². The molecule has 0 bridgehead atoms. The van der Waals surface area contributed by atoms with Gasteiger partial charge in [-0.25, -0.2) is 0 Å². The first kappa shape index (κ1) is 19.4. The number of ether oxygens (including phenoxy) is 1. The van der Waals surface area contributed by atoms with Crippen molar-refractivity contribution < 1.29 is 23.2 Å². The monoisotopic (exact) mass is 385 g/mol. The number of carbonyl (C=O) groups excluding carboxylic acids is 1. The van der Waals surface area contributed by atoms with Crippen LogP contribution in [0.5, 0.6) is 5.75 Å². The fourth-order valence-corrected chi connectivity index (χ4v) is 2.30. The Balaban J connectivity index is 1.99. The van der Waals surface area contributed by atoms with Crippen LogP contribution < -0.4 is 15.4 Å². The fourth-order valence-electron chi connectivity index (χ4n) is 2.08. The Kier molecular flexibility index (Phi) is 6.29. The summed E-state index contributed by atoms with van der Waals surface area (Å²) in [6.45, 7) is -1.51. The van der Waals surface area contributed by atoms with E-state index in [-0.39, 0.29) is 28.7 Å². The van der Waals surface area contributed by atoms with Gasteiger partial charge < -0.3 is 15.4 Å². The van der Waals surface area contributed by atoms with Crippen LogP contribution in [0.25, 0.3) is 0 Å². The molecule has 0 aromatic heterocycles. The Morgan fingerprint density at radius 2 is 2.04 bits per heavy atom. The molecule has 2 N–H and O–H groups in total. The van der Waals surface area contributed by atoms with E-state index in [1.54, 1.807) is 13.0 Å². The molecule has 2 aromatic rings. The second kappa shape index (κ2) is 8.43. The van der Waals surface area contributed by atoms with E-state index >= 15 is 0 Å². The van der Waals surface area contributed by atoms with Crippen LogP contribution in [0.2, 0.25) is 5.02 Å². The number of amides is 1. The minimum absolute atomic E-state index is 0.0510. The molecule has 0 atom stereocenters. The molecule has 0 heterocycles. The molecule has 7 nitrogen and oxygen atoms in total. The van der Waals surface area contributed by atoms with E-state index in [1.807, 2.05) is 0 Å². The molecule has 0 saturated carbocycles. The number of benzene rings is 2. The zero-order valence-corrected chi connectivity index (χ0v) is 14.2. The number of halogens is 3. The van der Waals surface area contributed by atoms with Crippen molar-refractivity contribution in [1.29, 1.82) is 0 Å². The molecule has 1 amide bonds. The summed E-state index contributed by atoms with van der Waals surface area (Å²) in [7, 11) is 0. The molecule has 2 aromatic carbocycles. The molecule has 2 rings (SSSR count). The van der Waals surface area contributed by atoms with E-state index < -0.39 is 17.4 Å². The maximum Gasteiger partial charge on any atom is 0.387 e. The summed E-state index contributed by atoms with van der Waals surface area (Å²) in [6.07, 6.45) is 0. The molecule has 26 heavy (non-hydrogen) atoms. The summed E-state index contributed by atoms with van der Waals surface area (Å²) in [6, 6.07) is 8.40. The molecule has 0 aliphatic rings. The summed E-state index contributed by atoms with van der Waals surface area (Å²) in [5.41, 5.74) is 0.944. The highest BCUT2D eigenvalue weighted by molar-refractivity contribution is 6.32. The summed E-state index contributed by atoms with van der Waals surface area (Å²) in [5, 5.41) is 16.2. The van der Waals surface area contributed by atoms with E-state index in [1.165, 1.54) is 30.3 Å². The number of aryl methyl sites for hydroxylation is 1. The lowest BCUT2D eigenvalue weighted by Crippen LogP contribution is -2.22. The van der Waals surface area contributed by atoms with Gasteiger partial charge in [0, 0.05) is 11.8 Å². The highest BCUT2D eigenvalue weighted by Crippen LogP contribution is 2.29. The van der Waals surface area contributed by atoms with Gasteiger partial charge in [0.1, 0.15) is 11.4 Å². The standard InChI is InChI=1S/C16H14ClF2N3O4/c1-9-2-4-12(13(6-9)22(24)25)21-15(23)8-20-10-3-5-14(11(17)7-10)26-16(18)19/h2-7,16,20H,8H2,1H3,(H,21,23). The fraction of sp³-hybridized carbons (Fsp3) is 0.188. The number of nitrogens with one attached hydrogen (secondary N) is 2. The number of rotatable bonds is 7. The maximum absolute atomic E-state index is 12.2. The van der Waals surface area contributed by atoms with Crippen molar-refractivity contribution >= 4 is 34.6 Å². The van der Waals surface area contributed by atoms with Gasteiger partial charge in [-0.3, -0.25) is 14.9 Å². The second-order valence-electron chi connectivity index (χ2n) is 5.20. The van der Waals surface area contributed by atoms with Crippen LogP contribution in [0.3, 0.4) is 0 Å². The number of nitro benzene ring substituents is 1. The first-order valence-electron chi connectivity index (χ1n) is 7.29. The Bertz CT molecular complexity index is 833. The van der Waals surface area contributed by atoms with Crippen LogP contribution in [0.15, 0.2) is 36.4 Å². The molecule has 0 unspecified atom stereocenters. The first-order valence-corrected chi connectivity index (χ1v) is 7.67. The van der Waals surface area contributed by atoms with Gasteiger partial charge in [0.05, 0.1) is 16.5 Å². The third-order valence-corrected chi connectivity index (χ3v) is 3.52. The number of nitrogens with zero attached hydrogens (tertiary/aromatic N) is 1. The Morgan fingerprint density at radius 3 is 2.65 bits per heavy atom. The Hall–Kier alpha value is -2.94. The molecule has 0 fully saturated rings. The number of nitro groups is 1. The highest BCUT2D eigenvalue weighted by atomic mass is 35.5. The average Bonchev–Trinajstić information content (AvgIpc) is 2.56. The van der Waals surface area contributed by atoms with Crippen LogP contribution in [0, 0.1) is 17.0 Å². The number of alkyl halides is 2. The van der Waals surface area contributed by atoms with E-state index in [2.05, 4.69) is 15.4 Å². The van der Waals surface area contributed by atoms with Crippen LogP contribution >= 0.6 is 11.6 Å². The molecule has 138 valence electrons. The first-order chi connectivity index (χ1) is 12.3. The van der Waals surface area contributed by atoms with E-state index in [9.17, 15) is 23.7 Å². The van der Waals surface area contributed by atoms with Crippen molar-refractivity contribution in [2.75, 3.05) is 17.2 Å². The lowest BCUT2D eigenvalue weighted by molar-refractivity contribution is -0.384. The van der Waals surface area contributed by atoms with Gasteiger partial charge in [-0.2, -0.15) is 8.78 Å². The zero-order valence-electron chi connectivity index (χ0n) is 13.5. The van der Waals surface area contributed by atoms with E-state index in [4.69, 9.17) is 11.6 Å². The molecule has 0 saturated heterocycles. The molecule has 10 heteroatoms. The highest BCUT2D eigenvalue weighted by Gasteiger charge is 2.16. The van der Waals surface area contributed by atoms with Crippen LogP contribution in [0.1, 0.15) is 5.56 Å². The van der Waals surface area contributed by atoms with Crippen LogP contribution in [-0.2, 0) is 4.79 Å². The largest absolute Gasteiger partial charge is 0.433 e. The van der Waals surface area contributed by atoms with Crippen molar-refractivity contribution in [3.8, 4) is 5.75 Å². The number of hydrogen-bond acceptors (Lipinski definition) is 5. The summed E-state index contributed by atoms with van der Waals surface area (Å²) < 4.78 is 28.6. The molecule has 0 aliphatic carbocycles. The lowest BCUT2D eigenvalue weighted by Gasteiger charge is -2.11. The number of anilines is 2. The smallest absolute Gasteiger partial charge is 0.387 e. The normalized spacial score (nSPS) is 10.5. The molecular formula is C16H14ClF2N3O4. The summed E-state index contributed by atoms with van der Waals surface area (Å²) in [5.74, 6) is -0.715. The second-order valence-corrected chi connectivity index (χ2v) is 5.61. The van der Waals surface area contributed by atoms with Gasteiger partial charge in [0.2, 0.25) is 5.91 Å². The van der Waals surface area contributed by atoms with Crippen molar-refractivity contribution in [3.63, 3.8) is 0 Å². The van der Waals surface area contributed by atoms with Gasteiger partial charge in [0.15, 0.2) is 0 Å². The SMILES string of the molecule is Cc1ccc(NC(=O)CNc2ccc(OC(F)F)c(Cl)c2)c([N+](=O)[O-])c1. The number of carbonyl (C=O) groups is 1. The quantitative estimate of drug-likeness (QED) is 0.550. The zero-order chi connectivity index (χ0) is 19.3. The molecular weight excluding hydrogens is 372 g/mol. The van der Waals surface area contributed by atoms with Crippen LogP contribution in [-0.4, -0.2) is 24.0 Å². The van der Waals surface area contributed by atoms with Crippen LogP contribution in [0.4, 0.5) is 25.8 Å². The van der Waals surface area contributed by atoms with Crippen molar-refractivity contribution in [2.24, 2.45) is 0 Å². The van der Waals surface area contributed by atoms with Gasteiger partial charge in [0.25, 0.3) is 5.69 Å². The third kappa shape index (κ3) is 5.28. The summed E-state index contributed by atoms with van der Waals surface area (Å²) >= 11 is 5.82. The maximum atomic E-state index is 12.2. The average molecular weight is 386 g/mol. The van der Waals surface area contributed by atoms with Gasteiger partial charge in [-0.05, 0) is 36.8 Å². The van der Waals surface area contributed by atoms with Gasteiger partial charge >= 0.3 is 6.61 Å².